The summed E-state index contributed by atoms with van der Waals surface area (Å²) in [5.41, 5.74) is 1.36. The number of halogens is 1. The van der Waals surface area contributed by atoms with Gasteiger partial charge in [0.2, 0.25) is 0 Å². The predicted octanol–water partition coefficient (Wildman–Crippen LogP) is 6.24. The van der Waals surface area contributed by atoms with Gasteiger partial charge < -0.3 is 5.32 Å². The van der Waals surface area contributed by atoms with Crippen LogP contribution in [0.1, 0.15) is 76.8 Å². The van der Waals surface area contributed by atoms with Crippen LogP contribution in [-0.2, 0) is 0 Å². The zero-order valence-electron chi connectivity index (χ0n) is 13.1. The average molecular weight is 340 g/mol. The summed E-state index contributed by atoms with van der Waals surface area (Å²) >= 11 is 3.53. The second-order valence-corrected chi connectivity index (χ2v) is 6.62. The molecule has 0 aliphatic heterocycles. The van der Waals surface area contributed by atoms with Crippen molar-refractivity contribution >= 4 is 15.9 Å². The molecule has 1 nitrogen and oxygen atoms in total. The van der Waals surface area contributed by atoms with E-state index in [2.05, 4.69) is 59.4 Å². The molecule has 0 fully saturated rings. The fourth-order valence-corrected chi connectivity index (χ4v) is 2.89. The first-order valence-electron chi connectivity index (χ1n) is 8.23. The normalized spacial score (nSPS) is 12.6. The van der Waals surface area contributed by atoms with Gasteiger partial charge in [0.05, 0.1) is 0 Å². The van der Waals surface area contributed by atoms with Crippen molar-refractivity contribution in [1.82, 2.24) is 5.32 Å². The maximum atomic E-state index is 3.62. The first kappa shape index (κ1) is 17.7. The molecule has 0 aliphatic rings. The molecule has 0 saturated carbocycles. The maximum Gasteiger partial charge on any atom is 0.0292 e. The van der Waals surface area contributed by atoms with E-state index < -0.39 is 0 Å². The average Bonchev–Trinajstić information content (AvgIpc) is 2.45. The van der Waals surface area contributed by atoms with E-state index >= 15 is 0 Å². The van der Waals surface area contributed by atoms with Crippen LogP contribution in [0.25, 0.3) is 0 Å². The van der Waals surface area contributed by atoms with Gasteiger partial charge in [-0.2, -0.15) is 0 Å². The van der Waals surface area contributed by atoms with Gasteiger partial charge in [-0.3, -0.25) is 0 Å². The Morgan fingerprint density at radius 1 is 1.00 bits per heavy atom. The lowest BCUT2D eigenvalue weighted by Gasteiger charge is -2.14. The second kappa shape index (κ2) is 11.3. The first-order valence-corrected chi connectivity index (χ1v) is 9.02. The summed E-state index contributed by atoms with van der Waals surface area (Å²) in [5, 5.41) is 3.62. The van der Waals surface area contributed by atoms with Gasteiger partial charge in [-0.1, -0.05) is 79.9 Å². The Hall–Kier alpha value is -0.340. The van der Waals surface area contributed by atoms with Gasteiger partial charge in [-0.25, -0.2) is 0 Å². The van der Waals surface area contributed by atoms with Gasteiger partial charge in [-0.15, -0.1) is 0 Å². The molecule has 20 heavy (non-hydrogen) atoms. The van der Waals surface area contributed by atoms with Crippen molar-refractivity contribution in [3.05, 3.63) is 34.3 Å². The fraction of sp³-hybridized carbons (Fsp3) is 0.667. The molecular weight excluding hydrogens is 310 g/mol. The minimum absolute atomic E-state index is 0.442. The molecule has 1 rings (SSSR count). The van der Waals surface area contributed by atoms with Crippen LogP contribution >= 0.6 is 15.9 Å². The number of unbranched alkanes of at least 4 members (excludes halogenated alkanes) is 7. The van der Waals surface area contributed by atoms with Crippen LogP contribution < -0.4 is 5.32 Å². The van der Waals surface area contributed by atoms with E-state index in [1.165, 1.54) is 56.9 Å². The van der Waals surface area contributed by atoms with Gasteiger partial charge >= 0.3 is 0 Å². The summed E-state index contributed by atoms with van der Waals surface area (Å²) < 4.78 is 1.16. The highest BCUT2D eigenvalue weighted by atomic mass is 79.9. The Labute approximate surface area is 133 Å². The van der Waals surface area contributed by atoms with Gasteiger partial charge in [0.15, 0.2) is 0 Å². The molecule has 0 amide bonds. The van der Waals surface area contributed by atoms with Crippen LogP contribution in [0, 0.1) is 0 Å². The minimum atomic E-state index is 0.442. The summed E-state index contributed by atoms with van der Waals surface area (Å²) in [5.74, 6) is 0. The molecule has 0 unspecified atom stereocenters. The molecule has 1 aromatic rings. The molecule has 0 spiro atoms. The predicted molar refractivity (Wildman–Crippen MR) is 93.2 cm³/mol. The Balaban J connectivity index is 2.01. The molecule has 1 atom stereocenters. The van der Waals surface area contributed by atoms with Crippen LogP contribution in [0.15, 0.2) is 28.7 Å². The zero-order valence-corrected chi connectivity index (χ0v) is 14.7. The molecule has 0 heterocycles. The molecule has 0 bridgehead atoms. The van der Waals surface area contributed by atoms with E-state index in [0.29, 0.717) is 6.04 Å². The maximum absolute atomic E-state index is 3.62. The molecule has 0 saturated heterocycles. The van der Waals surface area contributed by atoms with Crippen LogP contribution in [0.4, 0.5) is 0 Å². The standard InChI is InChI=1S/C18H30BrN/c1-3-4-5-6-7-8-9-10-14-20-16(2)17-12-11-13-18(19)15-17/h11-13,15-16,20H,3-10,14H2,1-2H3/t16-/m0/s1. The summed E-state index contributed by atoms with van der Waals surface area (Å²) in [6.07, 6.45) is 11.1. The highest BCUT2D eigenvalue weighted by Crippen LogP contribution is 2.17. The van der Waals surface area contributed by atoms with Crippen molar-refractivity contribution in [3.8, 4) is 0 Å². The highest BCUT2D eigenvalue weighted by molar-refractivity contribution is 9.10. The molecule has 0 aliphatic carbocycles. The third-order valence-corrected chi connectivity index (χ3v) is 4.32. The Morgan fingerprint density at radius 3 is 2.30 bits per heavy atom. The smallest absolute Gasteiger partial charge is 0.0292 e. The summed E-state index contributed by atoms with van der Waals surface area (Å²) in [6, 6.07) is 9.02. The van der Waals surface area contributed by atoms with Crippen molar-refractivity contribution in [3.63, 3.8) is 0 Å². The molecule has 1 aromatic carbocycles. The van der Waals surface area contributed by atoms with Crippen molar-refractivity contribution in [1.29, 1.82) is 0 Å². The van der Waals surface area contributed by atoms with E-state index in [4.69, 9.17) is 0 Å². The van der Waals surface area contributed by atoms with Crippen LogP contribution in [0.3, 0.4) is 0 Å². The zero-order chi connectivity index (χ0) is 14.6. The molecule has 0 aromatic heterocycles. The molecule has 114 valence electrons. The lowest BCUT2D eigenvalue weighted by molar-refractivity contribution is 0.521. The SMILES string of the molecule is CCCCCCCCCCN[C@@H](C)c1cccc(Br)c1. The van der Waals surface area contributed by atoms with E-state index in [1.54, 1.807) is 0 Å². The number of benzene rings is 1. The number of hydrogen-bond donors (Lipinski definition) is 1. The van der Waals surface area contributed by atoms with E-state index in [0.717, 1.165) is 11.0 Å². The van der Waals surface area contributed by atoms with Crippen molar-refractivity contribution < 1.29 is 0 Å². The summed E-state index contributed by atoms with van der Waals surface area (Å²) in [4.78, 5) is 0. The van der Waals surface area contributed by atoms with Gasteiger partial charge in [-0.05, 0) is 37.6 Å². The van der Waals surface area contributed by atoms with E-state index in [-0.39, 0.29) is 0 Å². The fourth-order valence-electron chi connectivity index (χ4n) is 2.47. The topological polar surface area (TPSA) is 12.0 Å². The monoisotopic (exact) mass is 339 g/mol. The van der Waals surface area contributed by atoms with E-state index in [9.17, 15) is 0 Å². The van der Waals surface area contributed by atoms with Crippen LogP contribution in [-0.4, -0.2) is 6.54 Å². The molecule has 2 heteroatoms. The lowest BCUT2D eigenvalue weighted by atomic mass is 10.1. The Kier molecular flexibility index (Phi) is 10.0. The molecule has 1 N–H and O–H groups in total. The Morgan fingerprint density at radius 2 is 1.65 bits per heavy atom. The van der Waals surface area contributed by atoms with Crippen molar-refractivity contribution in [2.75, 3.05) is 6.54 Å². The summed E-state index contributed by atoms with van der Waals surface area (Å²) in [7, 11) is 0. The summed E-state index contributed by atoms with van der Waals surface area (Å²) in [6.45, 7) is 5.65. The first-order chi connectivity index (χ1) is 9.74. The quantitative estimate of drug-likeness (QED) is 0.470. The van der Waals surface area contributed by atoms with Crippen molar-refractivity contribution in [2.45, 2.75) is 71.3 Å². The largest absolute Gasteiger partial charge is 0.310 e. The third kappa shape index (κ3) is 8.06. The molecular formula is C18H30BrN. The molecule has 0 radical (unpaired) electrons. The van der Waals surface area contributed by atoms with Crippen LogP contribution in [0.5, 0.6) is 0 Å². The number of nitrogens with one attached hydrogen (secondary N) is 1. The van der Waals surface area contributed by atoms with Gasteiger partial charge in [0.25, 0.3) is 0 Å². The number of hydrogen-bond acceptors (Lipinski definition) is 1. The van der Waals surface area contributed by atoms with E-state index in [1.807, 2.05) is 0 Å². The van der Waals surface area contributed by atoms with Gasteiger partial charge in [0.1, 0.15) is 0 Å². The minimum Gasteiger partial charge on any atom is -0.310 e. The lowest BCUT2D eigenvalue weighted by Crippen LogP contribution is -2.19. The van der Waals surface area contributed by atoms with Crippen molar-refractivity contribution in [2.24, 2.45) is 0 Å². The second-order valence-electron chi connectivity index (χ2n) is 5.71. The van der Waals surface area contributed by atoms with Crippen LogP contribution in [0.2, 0.25) is 0 Å². The number of rotatable bonds is 11. The highest BCUT2D eigenvalue weighted by Gasteiger charge is 2.04. The third-order valence-electron chi connectivity index (χ3n) is 3.83. The van der Waals surface area contributed by atoms with Gasteiger partial charge in [0, 0.05) is 10.5 Å². The Bertz CT molecular complexity index is 351.